The van der Waals surface area contributed by atoms with Gasteiger partial charge in [0.1, 0.15) is 10.0 Å². The summed E-state index contributed by atoms with van der Waals surface area (Å²) >= 11 is 19.0. The van der Waals surface area contributed by atoms with Crippen molar-refractivity contribution >= 4 is 51.9 Å². The lowest BCUT2D eigenvalue weighted by atomic mass is 10.1. The Morgan fingerprint density at radius 1 is 1.44 bits per heavy atom. The topological polar surface area (TPSA) is 34.9 Å². The second kappa shape index (κ2) is 5.61. The third-order valence-electron chi connectivity index (χ3n) is 2.35. The van der Waals surface area contributed by atoms with Crippen LogP contribution in [-0.4, -0.2) is 15.6 Å². The summed E-state index contributed by atoms with van der Waals surface area (Å²) in [6, 6.07) is 1.55. The molecular formula is C11H9Cl3N2OS. The van der Waals surface area contributed by atoms with Gasteiger partial charge in [-0.3, -0.25) is 9.48 Å². The number of nitrogens with zero attached hydrogens (tertiary/aromatic N) is 2. The molecule has 2 heterocycles. The van der Waals surface area contributed by atoms with Crippen LogP contribution in [-0.2, 0) is 6.54 Å². The Kier molecular flexibility index (Phi) is 4.33. The lowest BCUT2D eigenvalue weighted by molar-refractivity contribution is 0.102. The largest absolute Gasteiger partial charge is 0.287 e. The van der Waals surface area contributed by atoms with Crippen molar-refractivity contribution in [3.8, 4) is 0 Å². The first-order chi connectivity index (χ1) is 8.54. The van der Waals surface area contributed by atoms with E-state index in [1.807, 2.05) is 6.92 Å². The van der Waals surface area contributed by atoms with Gasteiger partial charge in [0, 0.05) is 6.54 Å². The molecular weight excluding hydrogens is 315 g/mol. The summed E-state index contributed by atoms with van der Waals surface area (Å²) in [4.78, 5) is 12.4. The quantitative estimate of drug-likeness (QED) is 0.774. The minimum Gasteiger partial charge on any atom is -0.287 e. The van der Waals surface area contributed by atoms with Gasteiger partial charge in [-0.05, 0) is 12.5 Å². The van der Waals surface area contributed by atoms with Gasteiger partial charge in [0.2, 0.25) is 5.78 Å². The number of rotatable bonds is 4. The number of aromatic nitrogens is 2. The van der Waals surface area contributed by atoms with E-state index in [1.54, 1.807) is 10.7 Å². The van der Waals surface area contributed by atoms with Crippen LogP contribution in [0.15, 0.2) is 12.3 Å². The first-order valence-corrected chi connectivity index (χ1v) is 7.20. The zero-order valence-corrected chi connectivity index (χ0v) is 12.5. The van der Waals surface area contributed by atoms with Crippen molar-refractivity contribution in [2.75, 3.05) is 0 Å². The van der Waals surface area contributed by atoms with Crippen LogP contribution in [0.1, 0.15) is 29.4 Å². The monoisotopic (exact) mass is 322 g/mol. The summed E-state index contributed by atoms with van der Waals surface area (Å²) in [5.74, 6) is -0.251. The molecule has 0 bridgehead atoms. The van der Waals surface area contributed by atoms with Crippen molar-refractivity contribution in [3.63, 3.8) is 0 Å². The van der Waals surface area contributed by atoms with Crippen LogP contribution in [0, 0.1) is 0 Å². The van der Waals surface area contributed by atoms with E-state index in [0.29, 0.717) is 31.5 Å². The molecule has 96 valence electrons. The van der Waals surface area contributed by atoms with Gasteiger partial charge in [-0.15, -0.1) is 11.3 Å². The predicted octanol–water partition coefficient (Wildman–Crippen LogP) is 4.55. The number of ketones is 1. The minimum absolute atomic E-state index is 0.251. The van der Waals surface area contributed by atoms with Gasteiger partial charge in [0.25, 0.3) is 0 Å². The highest BCUT2D eigenvalue weighted by Gasteiger charge is 2.22. The van der Waals surface area contributed by atoms with Gasteiger partial charge in [0.05, 0.1) is 21.1 Å². The van der Waals surface area contributed by atoms with E-state index in [2.05, 4.69) is 5.10 Å². The average molecular weight is 324 g/mol. The third-order valence-corrected chi connectivity index (χ3v) is 4.11. The fourth-order valence-electron chi connectivity index (χ4n) is 1.59. The van der Waals surface area contributed by atoms with E-state index in [-0.39, 0.29) is 5.78 Å². The molecule has 0 saturated carbocycles. The van der Waals surface area contributed by atoms with Gasteiger partial charge in [0.15, 0.2) is 0 Å². The summed E-state index contributed by atoms with van der Waals surface area (Å²) < 4.78 is 2.43. The first-order valence-electron chi connectivity index (χ1n) is 5.25. The van der Waals surface area contributed by atoms with E-state index in [1.165, 1.54) is 6.20 Å². The number of carbonyl (C=O) groups excluding carboxylic acids is 1. The lowest BCUT2D eigenvalue weighted by Gasteiger charge is -2.05. The molecule has 0 radical (unpaired) electrons. The summed E-state index contributed by atoms with van der Waals surface area (Å²) in [5, 5.41) is 4.41. The van der Waals surface area contributed by atoms with E-state index in [9.17, 15) is 4.79 Å². The standard InChI is InChI=1S/C11H9Cl3N2OS/c1-2-3-16-9(7(12)5-15-16)10(17)6-4-8(13)18-11(6)14/h4-5H,2-3H2,1H3. The maximum Gasteiger partial charge on any atom is 0.214 e. The Bertz CT molecular complexity index is 591. The minimum atomic E-state index is -0.251. The highest BCUT2D eigenvalue weighted by atomic mass is 35.5. The Hall–Kier alpha value is -0.550. The molecule has 0 amide bonds. The van der Waals surface area contributed by atoms with Crippen molar-refractivity contribution in [1.82, 2.24) is 9.78 Å². The number of thiophene rings is 1. The van der Waals surface area contributed by atoms with E-state index >= 15 is 0 Å². The number of halogens is 3. The molecule has 7 heteroatoms. The molecule has 0 aliphatic rings. The number of carbonyl (C=O) groups is 1. The average Bonchev–Trinajstić information content (AvgIpc) is 2.82. The number of hydrogen-bond acceptors (Lipinski definition) is 3. The van der Waals surface area contributed by atoms with Crippen LogP contribution >= 0.6 is 46.1 Å². The fraction of sp³-hybridized carbons (Fsp3) is 0.273. The summed E-state index contributed by atoms with van der Waals surface area (Å²) in [7, 11) is 0. The van der Waals surface area contributed by atoms with Crippen LogP contribution in [0.4, 0.5) is 0 Å². The van der Waals surface area contributed by atoms with Crippen LogP contribution in [0.25, 0.3) is 0 Å². The maximum absolute atomic E-state index is 12.4. The summed E-state index contributed by atoms with van der Waals surface area (Å²) in [6.07, 6.45) is 2.32. The summed E-state index contributed by atoms with van der Waals surface area (Å²) in [6.45, 7) is 2.63. The highest BCUT2D eigenvalue weighted by Crippen LogP contribution is 2.33. The molecule has 0 atom stereocenters. The molecule has 0 fully saturated rings. The number of aryl methyl sites for hydroxylation is 1. The molecule has 2 rings (SSSR count). The molecule has 0 saturated heterocycles. The normalized spacial score (nSPS) is 10.9. The Labute approximate surface area is 123 Å². The molecule has 2 aromatic heterocycles. The van der Waals surface area contributed by atoms with Gasteiger partial charge >= 0.3 is 0 Å². The van der Waals surface area contributed by atoms with Crippen molar-refractivity contribution in [1.29, 1.82) is 0 Å². The molecule has 0 unspecified atom stereocenters. The fourth-order valence-corrected chi connectivity index (χ4v) is 3.28. The maximum atomic E-state index is 12.4. The molecule has 0 aliphatic heterocycles. The van der Waals surface area contributed by atoms with Crippen molar-refractivity contribution in [2.24, 2.45) is 0 Å². The van der Waals surface area contributed by atoms with E-state index in [0.717, 1.165) is 17.8 Å². The highest BCUT2D eigenvalue weighted by molar-refractivity contribution is 7.20. The second-order valence-electron chi connectivity index (χ2n) is 3.63. The molecule has 0 N–H and O–H groups in total. The SMILES string of the molecule is CCCn1ncc(Cl)c1C(=O)c1cc(Cl)sc1Cl. The molecule has 2 aromatic rings. The molecule has 3 nitrogen and oxygen atoms in total. The van der Waals surface area contributed by atoms with Crippen LogP contribution < -0.4 is 0 Å². The van der Waals surface area contributed by atoms with E-state index < -0.39 is 0 Å². The van der Waals surface area contributed by atoms with Crippen molar-refractivity contribution in [3.05, 3.63) is 37.2 Å². The van der Waals surface area contributed by atoms with Crippen LogP contribution in [0.5, 0.6) is 0 Å². The number of hydrogen-bond donors (Lipinski definition) is 0. The zero-order chi connectivity index (χ0) is 13.3. The lowest BCUT2D eigenvalue weighted by Crippen LogP contribution is -2.11. The smallest absolute Gasteiger partial charge is 0.214 e. The Morgan fingerprint density at radius 3 is 2.72 bits per heavy atom. The Balaban J connectivity index is 2.45. The zero-order valence-electron chi connectivity index (χ0n) is 9.41. The predicted molar refractivity (Wildman–Crippen MR) is 75.3 cm³/mol. The van der Waals surface area contributed by atoms with Gasteiger partial charge in [-0.25, -0.2) is 0 Å². The van der Waals surface area contributed by atoms with Gasteiger partial charge in [-0.2, -0.15) is 5.10 Å². The Morgan fingerprint density at radius 2 is 2.17 bits per heavy atom. The second-order valence-corrected chi connectivity index (χ2v) is 6.32. The van der Waals surface area contributed by atoms with Gasteiger partial charge < -0.3 is 0 Å². The van der Waals surface area contributed by atoms with E-state index in [4.69, 9.17) is 34.8 Å². The molecule has 18 heavy (non-hydrogen) atoms. The van der Waals surface area contributed by atoms with Crippen molar-refractivity contribution < 1.29 is 4.79 Å². The molecule has 0 aliphatic carbocycles. The first kappa shape index (κ1) is 13.9. The molecule has 0 spiro atoms. The van der Waals surface area contributed by atoms with Gasteiger partial charge in [-0.1, -0.05) is 41.7 Å². The molecule has 0 aromatic carbocycles. The summed E-state index contributed by atoms with van der Waals surface area (Å²) in [5.41, 5.74) is 0.723. The van der Waals surface area contributed by atoms with Crippen LogP contribution in [0.2, 0.25) is 13.7 Å². The third kappa shape index (κ3) is 2.57. The van der Waals surface area contributed by atoms with Crippen LogP contribution in [0.3, 0.4) is 0 Å². The van der Waals surface area contributed by atoms with Crippen molar-refractivity contribution in [2.45, 2.75) is 19.9 Å².